The second-order valence-electron chi connectivity index (χ2n) is 4.14. The summed E-state index contributed by atoms with van der Waals surface area (Å²) in [6, 6.07) is 0. The minimum absolute atomic E-state index is 0.131. The molecule has 0 radical (unpaired) electrons. The summed E-state index contributed by atoms with van der Waals surface area (Å²) in [7, 11) is 0. The molecule has 0 atom stereocenters. The first-order valence-corrected chi connectivity index (χ1v) is 5.57. The summed E-state index contributed by atoms with van der Waals surface area (Å²) in [5.74, 6) is 0. The Bertz CT molecular complexity index is 113. The van der Waals surface area contributed by atoms with Crippen LogP contribution in [0.3, 0.4) is 0 Å². The fraction of sp³-hybridized carbons (Fsp3) is 1.00. The highest BCUT2D eigenvalue weighted by molar-refractivity contribution is 4.76. The smallest absolute Gasteiger partial charge is 0.0531 e. The highest BCUT2D eigenvalue weighted by atomic mass is 16.3. The summed E-state index contributed by atoms with van der Waals surface area (Å²) < 4.78 is 0. The van der Waals surface area contributed by atoms with Gasteiger partial charge in [-0.1, -0.05) is 39.0 Å². The molecule has 0 amide bonds. The van der Waals surface area contributed by atoms with Gasteiger partial charge >= 0.3 is 0 Å². The topological polar surface area (TPSA) is 60.7 Å². The van der Waals surface area contributed by atoms with Crippen LogP contribution in [0.15, 0.2) is 0 Å². The summed E-state index contributed by atoms with van der Waals surface area (Å²) >= 11 is 0. The van der Waals surface area contributed by atoms with Gasteiger partial charge in [-0.25, -0.2) is 0 Å². The van der Waals surface area contributed by atoms with Gasteiger partial charge in [-0.15, -0.1) is 0 Å². The number of aliphatic hydroxyl groups excluding tert-OH is 3. The normalized spacial score (nSPS) is 12.0. The highest BCUT2D eigenvalue weighted by Crippen LogP contribution is 2.23. The van der Waals surface area contributed by atoms with E-state index in [0.29, 0.717) is 6.42 Å². The third-order valence-corrected chi connectivity index (χ3v) is 2.82. The summed E-state index contributed by atoms with van der Waals surface area (Å²) in [5.41, 5.74) is -0.661. The van der Waals surface area contributed by atoms with Crippen molar-refractivity contribution >= 4 is 0 Å². The monoisotopic (exact) mass is 204 g/mol. The van der Waals surface area contributed by atoms with Crippen molar-refractivity contribution in [3.05, 3.63) is 0 Å². The van der Waals surface area contributed by atoms with Crippen molar-refractivity contribution in [1.82, 2.24) is 0 Å². The fourth-order valence-electron chi connectivity index (χ4n) is 1.49. The first-order valence-electron chi connectivity index (χ1n) is 5.57. The number of hydrogen-bond acceptors (Lipinski definition) is 3. The molecule has 0 fully saturated rings. The first-order chi connectivity index (χ1) is 6.74. The van der Waals surface area contributed by atoms with Crippen molar-refractivity contribution in [2.75, 3.05) is 19.8 Å². The van der Waals surface area contributed by atoms with Gasteiger partial charge in [0.25, 0.3) is 0 Å². The van der Waals surface area contributed by atoms with Gasteiger partial charge in [0.2, 0.25) is 0 Å². The highest BCUT2D eigenvalue weighted by Gasteiger charge is 2.26. The lowest BCUT2D eigenvalue weighted by molar-refractivity contribution is -0.00229. The van der Waals surface area contributed by atoms with E-state index in [-0.39, 0.29) is 19.8 Å². The molecule has 0 unspecified atom stereocenters. The fourth-order valence-corrected chi connectivity index (χ4v) is 1.49. The van der Waals surface area contributed by atoms with E-state index in [2.05, 4.69) is 6.92 Å². The maximum absolute atomic E-state index is 9.06. The standard InChI is InChI=1S/C11H24O3/c1-2-3-4-5-6-7-11(8-12,9-13)10-14/h12-14H,2-10H2,1H3. The lowest BCUT2D eigenvalue weighted by Crippen LogP contribution is -2.33. The summed E-state index contributed by atoms with van der Waals surface area (Å²) in [6.07, 6.45) is 6.46. The lowest BCUT2D eigenvalue weighted by atomic mass is 9.85. The molecule has 0 bridgehead atoms. The number of aliphatic hydroxyl groups is 3. The maximum atomic E-state index is 9.06. The van der Waals surface area contributed by atoms with Crippen LogP contribution in [-0.2, 0) is 0 Å². The number of hydrogen-bond donors (Lipinski definition) is 3. The van der Waals surface area contributed by atoms with Gasteiger partial charge in [-0.2, -0.15) is 0 Å². The molecule has 0 saturated carbocycles. The molecule has 0 heterocycles. The molecule has 0 aliphatic rings. The van der Waals surface area contributed by atoms with E-state index in [9.17, 15) is 0 Å². The van der Waals surface area contributed by atoms with E-state index < -0.39 is 5.41 Å². The van der Waals surface area contributed by atoms with Crippen LogP contribution < -0.4 is 0 Å². The maximum Gasteiger partial charge on any atom is 0.0531 e. The van der Waals surface area contributed by atoms with Crippen molar-refractivity contribution in [3.63, 3.8) is 0 Å². The van der Waals surface area contributed by atoms with Crippen LogP contribution in [0, 0.1) is 5.41 Å². The van der Waals surface area contributed by atoms with Gasteiger partial charge in [-0.05, 0) is 6.42 Å². The average molecular weight is 204 g/mol. The summed E-state index contributed by atoms with van der Waals surface area (Å²) in [6.45, 7) is 1.77. The molecule has 0 rings (SSSR count). The molecule has 3 N–H and O–H groups in total. The van der Waals surface area contributed by atoms with Gasteiger partial charge < -0.3 is 15.3 Å². The summed E-state index contributed by atoms with van der Waals surface area (Å²) in [4.78, 5) is 0. The van der Waals surface area contributed by atoms with Crippen LogP contribution in [0.2, 0.25) is 0 Å². The molecule has 14 heavy (non-hydrogen) atoms. The molecule has 0 aromatic heterocycles. The Morgan fingerprint density at radius 1 is 0.786 bits per heavy atom. The Morgan fingerprint density at radius 2 is 1.29 bits per heavy atom. The van der Waals surface area contributed by atoms with Gasteiger partial charge in [0.1, 0.15) is 0 Å². The van der Waals surface area contributed by atoms with Crippen LogP contribution in [0.25, 0.3) is 0 Å². The van der Waals surface area contributed by atoms with Gasteiger partial charge in [-0.3, -0.25) is 0 Å². The van der Waals surface area contributed by atoms with E-state index in [1.54, 1.807) is 0 Å². The molecular weight excluding hydrogens is 180 g/mol. The molecule has 0 spiro atoms. The Labute approximate surface area is 86.8 Å². The second-order valence-corrected chi connectivity index (χ2v) is 4.14. The third-order valence-electron chi connectivity index (χ3n) is 2.82. The molecule has 0 aliphatic heterocycles. The van der Waals surface area contributed by atoms with Crippen molar-refractivity contribution < 1.29 is 15.3 Å². The van der Waals surface area contributed by atoms with Gasteiger partial charge in [0.15, 0.2) is 0 Å². The molecule has 0 aromatic carbocycles. The Hall–Kier alpha value is -0.120. The van der Waals surface area contributed by atoms with Crippen molar-refractivity contribution in [2.45, 2.75) is 45.4 Å². The van der Waals surface area contributed by atoms with Crippen molar-refractivity contribution in [1.29, 1.82) is 0 Å². The number of unbranched alkanes of at least 4 members (excludes halogenated alkanes) is 4. The van der Waals surface area contributed by atoms with E-state index in [4.69, 9.17) is 15.3 Å². The zero-order chi connectivity index (χ0) is 10.9. The predicted octanol–water partition coefficient (Wildman–Crippen LogP) is 1.31. The van der Waals surface area contributed by atoms with E-state index in [0.717, 1.165) is 12.8 Å². The molecule has 0 aromatic rings. The van der Waals surface area contributed by atoms with Crippen molar-refractivity contribution in [2.24, 2.45) is 5.41 Å². The number of rotatable bonds is 9. The minimum Gasteiger partial charge on any atom is -0.396 e. The van der Waals surface area contributed by atoms with Crippen LogP contribution in [-0.4, -0.2) is 35.1 Å². The van der Waals surface area contributed by atoms with Crippen LogP contribution >= 0.6 is 0 Å². The molecule has 0 aliphatic carbocycles. The Kier molecular flexibility index (Phi) is 8.14. The quantitative estimate of drug-likeness (QED) is 0.496. The zero-order valence-corrected chi connectivity index (χ0v) is 9.21. The van der Waals surface area contributed by atoms with Crippen molar-refractivity contribution in [3.8, 4) is 0 Å². The first kappa shape index (κ1) is 13.9. The largest absolute Gasteiger partial charge is 0.396 e. The Morgan fingerprint density at radius 3 is 1.71 bits per heavy atom. The van der Waals surface area contributed by atoms with Crippen LogP contribution in [0.4, 0.5) is 0 Å². The molecule has 3 heteroatoms. The lowest BCUT2D eigenvalue weighted by Gasteiger charge is -2.27. The average Bonchev–Trinajstić information content (AvgIpc) is 2.24. The van der Waals surface area contributed by atoms with E-state index in [1.165, 1.54) is 19.3 Å². The predicted molar refractivity (Wildman–Crippen MR) is 57.1 cm³/mol. The Balaban J connectivity index is 3.61. The van der Waals surface area contributed by atoms with E-state index in [1.807, 2.05) is 0 Å². The summed E-state index contributed by atoms with van der Waals surface area (Å²) in [5, 5.41) is 27.2. The SMILES string of the molecule is CCCCCCCC(CO)(CO)CO. The second kappa shape index (κ2) is 8.21. The minimum atomic E-state index is -0.661. The third kappa shape index (κ3) is 4.94. The molecular formula is C11H24O3. The van der Waals surface area contributed by atoms with E-state index >= 15 is 0 Å². The van der Waals surface area contributed by atoms with Crippen LogP contribution in [0.1, 0.15) is 45.4 Å². The van der Waals surface area contributed by atoms with Gasteiger partial charge in [0.05, 0.1) is 19.8 Å². The van der Waals surface area contributed by atoms with Gasteiger partial charge in [0, 0.05) is 5.41 Å². The molecule has 0 saturated heterocycles. The molecule has 3 nitrogen and oxygen atoms in total. The van der Waals surface area contributed by atoms with Crippen LogP contribution in [0.5, 0.6) is 0 Å². The zero-order valence-electron chi connectivity index (χ0n) is 9.21. The molecule has 86 valence electrons.